The second kappa shape index (κ2) is 4.35. The van der Waals surface area contributed by atoms with Gasteiger partial charge in [0.15, 0.2) is 9.84 Å². The van der Waals surface area contributed by atoms with Crippen LogP contribution in [0.5, 0.6) is 0 Å². The third kappa shape index (κ3) is 3.06. The van der Waals surface area contributed by atoms with Crippen molar-refractivity contribution in [1.29, 1.82) is 0 Å². The van der Waals surface area contributed by atoms with Crippen LogP contribution >= 0.6 is 0 Å². The maximum Gasteiger partial charge on any atom is 0.158 e. The lowest BCUT2D eigenvalue weighted by atomic mass is 10.4. The first-order valence-electron chi connectivity index (χ1n) is 5.07. The molecule has 1 heterocycles. The topological polar surface area (TPSA) is 52.0 Å². The molecule has 86 valence electrons. The molecule has 0 fully saturated rings. The summed E-state index contributed by atoms with van der Waals surface area (Å²) in [6.45, 7) is 7.44. The molecule has 0 saturated carbocycles. The van der Waals surface area contributed by atoms with Crippen LogP contribution in [0, 0.1) is 0 Å². The molecule has 0 atom stereocenters. The molecule has 0 saturated heterocycles. The van der Waals surface area contributed by atoms with Gasteiger partial charge in [-0.15, -0.1) is 0 Å². The van der Waals surface area contributed by atoms with E-state index in [0.29, 0.717) is 11.7 Å². The van der Waals surface area contributed by atoms with Gasteiger partial charge in [0.05, 0.1) is 23.0 Å². The second-order valence-electron chi connectivity index (χ2n) is 4.26. The van der Waals surface area contributed by atoms with Gasteiger partial charge >= 0.3 is 0 Å². The maximum absolute atomic E-state index is 11.6. The van der Waals surface area contributed by atoms with Gasteiger partial charge in [0.1, 0.15) is 0 Å². The van der Waals surface area contributed by atoms with E-state index in [1.165, 1.54) is 0 Å². The van der Waals surface area contributed by atoms with Crippen molar-refractivity contribution in [2.45, 2.75) is 44.7 Å². The predicted octanol–water partition coefficient (Wildman–Crippen LogP) is 1.79. The fourth-order valence-electron chi connectivity index (χ4n) is 1.11. The summed E-state index contributed by atoms with van der Waals surface area (Å²) in [6.07, 6.45) is 3.47. The van der Waals surface area contributed by atoms with Crippen LogP contribution in [0.2, 0.25) is 0 Å². The van der Waals surface area contributed by atoms with E-state index in [9.17, 15) is 8.42 Å². The third-order valence-corrected chi connectivity index (χ3v) is 4.45. The number of imidazole rings is 1. The van der Waals surface area contributed by atoms with Crippen LogP contribution in [0.4, 0.5) is 0 Å². The van der Waals surface area contributed by atoms with Crippen molar-refractivity contribution in [2.75, 3.05) is 0 Å². The van der Waals surface area contributed by atoms with Crippen LogP contribution in [0.25, 0.3) is 0 Å². The smallest absolute Gasteiger partial charge is 0.158 e. The number of hydrogen-bond donors (Lipinski definition) is 0. The average Bonchev–Trinajstić information content (AvgIpc) is 2.51. The Hall–Kier alpha value is -0.840. The highest BCUT2D eigenvalue weighted by Gasteiger charge is 2.18. The Balaban J connectivity index is 2.82. The van der Waals surface area contributed by atoms with E-state index >= 15 is 0 Å². The summed E-state index contributed by atoms with van der Waals surface area (Å²) in [6, 6.07) is 0.313. The lowest BCUT2D eigenvalue weighted by Crippen LogP contribution is -2.16. The molecule has 1 aromatic rings. The van der Waals surface area contributed by atoms with Gasteiger partial charge in [0, 0.05) is 12.2 Å². The van der Waals surface area contributed by atoms with Crippen molar-refractivity contribution < 1.29 is 8.42 Å². The predicted molar refractivity (Wildman–Crippen MR) is 60.4 cm³/mol. The van der Waals surface area contributed by atoms with Gasteiger partial charge in [-0.1, -0.05) is 0 Å². The summed E-state index contributed by atoms with van der Waals surface area (Å²) >= 11 is 0. The van der Waals surface area contributed by atoms with E-state index in [-0.39, 0.29) is 11.0 Å². The highest BCUT2D eigenvalue weighted by molar-refractivity contribution is 7.91. The number of nitrogens with zero attached hydrogens (tertiary/aromatic N) is 2. The quantitative estimate of drug-likeness (QED) is 0.792. The van der Waals surface area contributed by atoms with Crippen molar-refractivity contribution in [2.24, 2.45) is 0 Å². The molecule has 15 heavy (non-hydrogen) atoms. The summed E-state index contributed by atoms with van der Waals surface area (Å²) in [5, 5.41) is -0.346. The zero-order chi connectivity index (χ0) is 11.6. The molecule has 0 amide bonds. The Labute approximate surface area is 91.3 Å². The van der Waals surface area contributed by atoms with Gasteiger partial charge in [-0.3, -0.25) is 0 Å². The van der Waals surface area contributed by atoms with Crippen molar-refractivity contribution in [1.82, 2.24) is 9.55 Å². The Morgan fingerprint density at radius 1 is 1.33 bits per heavy atom. The first-order chi connectivity index (χ1) is 6.83. The number of aromatic nitrogens is 2. The van der Waals surface area contributed by atoms with Gasteiger partial charge < -0.3 is 4.57 Å². The molecule has 0 unspecified atom stereocenters. The van der Waals surface area contributed by atoms with E-state index in [1.54, 1.807) is 26.4 Å². The molecule has 0 radical (unpaired) electrons. The van der Waals surface area contributed by atoms with Crippen LogP contribution in [0.1, 0.15) is 39.4 Å². The Bertz CT molecular complexity index is 418. The van der Waals surface area contributed by atoms with Crippen LogP contribution in [-0.4, -0.2) is 23.2 Å². The van der Waals surface area contributed by atoms with Crippen LogP contribution in [-0.2, 0) is 15.6 Å². The molecule has 0 bridgehead atoms. The molecule has 1 aromatic heterocycles. The van der Waals surface area contributed by atoms with E-state index in [1.807, 2.05) is 18.4 Å². The van der Waals surface area contributed by atoms with E-state index in [4.69, 9.17) is 0 Å². The molecule has 0 aromatic carbocycles. The molecule has 5 heteroatoms. The molecule has 0 aliphatic rings. The van der Waals surface area contributed by atoms with Crippen LogP contribution in [0.3, 0.4) is 0 Å². The monoisotopic (exact) mass is 230 g/mol. The van der Waals surface area contributed by atoms with E-state index in [0.717, 1.165) is 0 Å². The largest absolute Gasteiger partial charge is 0.335 e. The van der Waals surface area contributed by atoms with Gasteiger partial charge in [-0.25, -0.2) is 13.4 Å². The van der Waals surface area contributed by atoms with Crippen molar-refractivity contribution in [3.63, 3.8) is 0 Å². The molecular formula is C10H18N2O2S. The highest BCUT2D eigenvalue weighted by Crippen LogP contribution is 2.11. The summed E-state index contributed by atoms with van der Waals surface area (Å²) < 4.78 is 25.2. The van der Waals surface area contributed by atoms with Gasteiger partial charge in [0.2, 0.25) is 0 Å². The summed E-state index contributed by atoms with van der Waals surface area (Å²) in [7, 11) is -3.04. The van der Waals surface area contributed by atoms with Crippen LogP contribution in [0.15, 0.2) is 12.5 Å². The number of sulfone groups is 1. The first kappa shape index (κ1) is 12.2. The molecule has 4 nitrogen and oxygen atoms in total. The lowest BCUT2D eigenvalue weighted by Gasteiger charge is -2.06. The van der Waals surface area contributed by atoms with Gasteiger partial charge in [0.25, 0.3) is 0 Å². The fourth-order valence-corrected chi connectivity index (χ4v) is 2.00. The molecule has 0 N–H and O–H groups in total. The normalized spacial score (nSPS) is 12.7. The van der Waals surface area contributed by atoms with Gasteiger partial charge in [-0.05, 0) is 27.7 Å². The highest BCUT2D eigenvalue weighted by atomic mass is 32.2. The molecule has 0 aliphatic carbocycles. The number of rotatable bonds is 4. The third-order valence-electron chi connectivity index (χ3n) is 2.32. The van der Waals surface area contributed by atoms with Crippen molar-refractivity contribution in [3.8, 4) is 0 Å². The average molecular weight is 230 g/mol. The minimum absolute atomic E-state index is 0.0321. The van der Waals surface area contributed by atoms with E-state index < -0.39 is 9.84 Å². The standard InChI is InChI=1S/C10H18N2O2S/c1-8(2)12-5-10(11-7-12)6-15(13,14)9(3)4/h5,7-9H,6H2,1-4H3. The van der Waals surface area contributed by atoms with Crippen molar-refractivity contribution in [3.05, 3.63) is 18.2 Å². The minimum atomic E-state index is -3.04. The van der Waals surface area contributed by atoms with Crippen molar-refractivity contribution >= 4 is 9.84 Å². The number of hydrogen-bond acceptors (Lipinski definition) is 3. The van der Waals surface area contributed by atoms with Crippen LogP contribution < -0.4 is 0 Å². The second-order valence-corrected chi connectivity index (χ2v) is 6.82. The van der Waals surface area contributed by atoms with E-state index in [2.05, 4.69) is 4.98 Å². The fraction of sp³-hybridized carbons (Fsp3) is 0.700. The zero-order valence-electron chi connectivity index (χ0n) is 9.64. The Kier molecular flexibility index (Phi) is 3.54. The Morgan fingerprint density at radius 2 is 1.93 bits per heavy atom. The summed E-state index contributed by atoms with van der Waals surface area (Å²) in [5.41, 5.74) is 0.623. The van der Waals surface area contributed by atoms with Gasteiger partial charge in [-0.2, -0.15) is 0 Å². The molecular weight excluding hydrogens is 212 g/mol. The first-order valence-corrected chi connectivity index (χ1v) is 6.78. The summed E-state index contributed by atoms with van der Waals surface area (Å²) in [5.74, 6) is 0.0321. The lowest BCUT2D eigenvalue weighted by molar-refractivity contribution is 0.585. The zero-order valence-corrected chi connectivity index (χ0v) is 10.5. The maximum atomic E-state index is 11.6. The Morgan fingerprint density at radius 3 is 2.33 bits per heavy atom. The minimum Gasteiger partial charge on any atom is -0.335 e. The summed E-state index contributed by atoms with van der Waals surface area (Å²) in [4.78, 5) is 4.09. The molecule has 1 rings (SSSR count). The molecule has 0 spiro atoms. The molecule has 0 aliphatic heterocycles. The SMILES string of the molecule is CC(C)n1cnc(CS(=O)(=O)C(C)C)c1.